The highest BCUT2D eigenvalue weighted by Crippen LogP contribution is 2.36. The molecule has 0 N–H and O–H groups in total. The van der Waals surface area contributed by atoms with E-state index < -0.39 is 0 Å². The van der Waals surface area contributed by atoms with E-state index in [9.17, 15) is 4.79 Å². The fraction of sp³-hybridized carbons (Fsp3) is 0.500. The van der Waals surface area contributed by atoms with Crippen LogP contribution in [0.4, 0.5) is 0 Å². The highest BCUT2D eigenvalue weighted by molar-refractivity contribution is 5.98. The van der Waals surface area contributed by atoms with Gasteiger partial charge in [-0.05, 0) is 43.5 Å². The van der Waals surface area contributed by atoms with Crippen LogP contribution in [-0.2, 0) is 9.47 Å². The number of pyridine rings is 1. The summed E-state index contributed by atoms with van der Waals surface area (Å²) in [6.07, 6.45) is 2.96. The number of amides is 1. The summed E-state index contributed by atoms with van der Waals surface area (Å²) in [4.78, 5) is 19.2. The Labute approximate surface area is 147 Å². The molecular formula is C20H24N2O3. The quantitative estimate of drug-likeness (QED) is 0.786. The van der Waals surface area contributed by atoms with E-state index in [1.807, 2.05) is 42.2 Å². The van der Waals surface area contributed by atoms with Crippen molar-refractivity contribution in [1.82, 2.24) is 9.88 Å². The maximum absolute atomic E-state index is 12.9. The molecule has 3 heterocycles. The number of fused-ring (bicyclic) bond motifs is 2. The van der Waals surface area contributed by atoms with Gasteiger partial charge in [-0.25, -0.2) is 0 Å². The van der Waals surface area contributed by atoms with Crippen molar-refractivity contribution in [1.29, 1.82) is 0 Å². The smallest absolute Gasteiger partial charge is 0.253 e. The lowest BCUT2D eigenvalue weighted by molar-refractivity contribution is 0.0659. The molecule has 4 rings (SSSR count). The Balaban J connectivity index is 1.44. The lowest BCUT2D eigenvalue weighted by Gasteiger charge is -2.20. The van der Waals surface area contributed by atoms with Gasteiger partial charge in [-0.1, -0.05) is 6.07 Å². The molecule has 0 spiro atoms. The molecule has 3 atom stereocenters. The van der Waals surface area contributed by atoms with Gasteiger partial charge in [0.25, 0.3) is 5.91 Å². The maximum atomic E-state index is 12.9. The van der Waals surface area contributed by atoms with Gasteiger partial charge in [-0.3, -0.25) is 9.78 Å². The first kappa shape index (κ1) is 16.5. The minimum absolute atomic E-state index is 0.0901. The van der Waals surface area contributed by atoms with Crippen LogP contribution in [0.2, 0.25) is 0 Å². The van der Waals surface area contributed by atoms with Crippen LogP contribution in [0, 0.1) is 11.8 Å². The standard InChI is InChI=1S/C20H24N2O3/c1-2-24-9-7-16-13-25-19-12-22(11-17(16)19)20(23)15-5-6-18-14(10-15)4-3-8-21-18/h3-6,8,10,16-17,19H,2,7,9,11-13H2,1H3/t16-,17-,19-/m1/s1. The van der Waals surface area contributed by atoms with Crippen molar-refractivity contribution in [2.24, 2.45) is 11.8 Å². The van der Waals surface area contributed by atoms with Crippen LogP contribution in [-0.4, -0.2) is 54.8 Å². The molecule has 0 radical (unpaired) electrons. The van der Waals surface area contributed by atoms with E-state index >= 15 is 0 Å². The summed E-state index contributed by atoms with van der Waals surface area (Å²) in [5.74, 6) is 1.02. The summed E-state index contributed by atoms with van der Waals surface area (Å²) >= 11 is 0. The monoisotopic (exact) mass is 340 g/mol. The van der Waals surface area contributed by atoms with Crippen LogP contribution >= 0.6 is 0 Å². The molecule has 2 fully saturated rings. The zero-order valence-electron chi connectivity index (χ0n) is 14.6. The Bertz CT molecular complexity index is 763. The van der Waals surface area contributed by atoms with Crippen molar-refractivity contribution in [3.05, 3.63) is 42.1 Å². The largest absolute Gasteiger partial charge is 0.382 e. The van der Waals surface area contributed by atoms with Gasteiger partial charge in [0, 0.05) is 49.4 Å². The number of ether oxygens (including phenoxy) is 2. The number of benzene rings is 1. The van der Waals surface area contributed by atoms with Crippen LogP contribution in [0.3, 0.4) is 0 Å². The number of hydrogen-bond donors (Lipinski definition) is 0. The SMILES string of the molecule is CCOCC[C@@H]1CO[C@@H]2CN(C(=O)c3ccc4ncccc4c3)C[C@H]12. The van der Waals surface area contributed by atoms with E-state index in [4.69, 9.17) is 9.47 Å². The maximum Gasteiger partial charge on any atom is 0.253 e. The molecule has 0 saturated carbocycles. The first-order chi connectivity index (χ1) is 12.3. The van der Waals surface area contributed by atoms with E-state index in [-0.39, 0.29) is 12.0 Å². The first-order valence-corrected chi connectivity index (χ1v) is 9.09. The van der Waals surface area contributed by atoms with Gasteiger partial charge in [0.2, 0.25) is 0 Å². The van der Waals surface area contributed by atoms with E-state index in [2.05, 4.69) is 4.98 Å². The second kappa shape index (κ2) is 7.10. The molecule has 1 amide bonds. The van der Waals surface area contributed by atoms with Crippen molar-refractivity contribution >= 4 is 16.8 Å². The molecular weight excluding hydrogens is 316 g/mol. The number of likely N-dealkylation sites (tertiary alicyclic amines) is 1. The van der Waals surface area contributed by atoms with Crippen LogP contribution in [0.1, 0.15) is 23.7 Å². The van der Waals surface area contributed by atoms with Crippen LogP contribution in [0.25, 0.3) is 10.9 Å². The predicted octanol–water partition coefficient (Wildman–Crippen LogP) is 2.75. The molecule has 5 heteroatoms. The van der Waals surface area contributed by atoms with E-state index in [1.165, 1.54) is 0 Å². The van der Waals surface area contributed by atoms with E-state index in [1.54, 1.807) is 6.20 Å². The number of carbonyl (C=O) groups is 1. The fourth-order valence-corrected chi connectivity index (χ4v) is 4.03. The third-order valence-electron chi connectivity index (χ3n) is 5.41. The second-order valence-electron chi connectivity index (χ2n) is 6.90. The number of aromatic nitrogens is 1. The van der Waals surface area contributed by atoms with Crippen molar-refractivity contribution in [2.75, 3.05) is 32.9 Å². The summed E-state index contributed by atoms with van der Waals surface area (Å²) in [7, 11) is 0. The molecule has 2 saturated heterocycles. The van der Waals surface area contributed by atoms with Crippen molar-refractivity contribution in [2.45, 2.75) is 19.4 Å². The van der Waals surface area contributed by atoms with Gasteiger partial charge in [-0.2, -0.15) is 0 Å². The Morgan fingerprint density at radius 1 is 1.36 bits per heavy atom. The topological polar surface area (TPSA) is 51.7 Å². The molecule has 132 valence electrons. The fourth-order valence-electron chi connectivity index (χ4n) is 4.03. The van der Waals surface area contributed by atoms with Crippen molar-refractivity contribution in [3.8, 4) is 0 Å². The Morgan fingerprint density at radius 2 is 2.28 bits per heavy atom. The number of nitrogens with zero attached hydrogens (tertiary/aromatic N) is 2. The van der Waals surface area contributed by atoms with Gasteiger partial charge in [0.05, 0.1) is 18.2 Å². The molecule has 1 aromatic heterocycles. The zero-order valence-corrected chi connectivity index (χ0v) is 14.6. The zero-order chi connectivity index (χ0) is 17.2. The normalized spacial score (nSPS) is 25.5. The lowest BCUT2D eigenvalue weighted by Crippen LogP contribution is -2.31. The van der Waals surface area contributed by atoms with E-state index in [0.29, 0.717) is 18.4 Å². The van der Waals surface area contributed by atoms with Gasteiger partial charge in [-0.15, -0.1) is 0 Å². The molecule has 25 heavy (non-hydrogen) atoms. The summed E-state index contributed by atoms with van der Waals surface area (Å²) < 4.78 is 11.4. The first-order valence-electron chi connectivity index (χ1n) is 9.09. The third-order valence-corrected chi connectivity index (χ3v) is 5.41. The molecule has 0 bridgehead atoms. The summed E-state index contributed by atoms with van der Waals surface area (Å²) in [5.41, 5.74) is 1.64. The average molecular weight is 340 g/mol. The number of carbonyl (C=O) groups excluding carboxylic acids is 1. The summed E-state index contributed by atoms with van der Waals surface area (Å²) in [6.45, 7) is 5.82. The summed E-state index contributed by atoms with van der Waals surface area (Å²) in [5, 5.41) is 0.999. The highest BCUT2D eigenvalue weighted by Gasteiger charge is 2.44. The minimum atomic E-state index is 0.0901. The Hall–Kier alpha value is -1.98. The van der Waals surface area contributed by atoms with Crippen LogP contribution in [0.15, 0.2) is 36.5 Å². The summed E-state index contributed by atoms with van der Waals surface area (Å²) in [6, 6.07) is 9.62. The molecule has 0 unspecified atom stereocenters. The third kappa shape index (κ3) is 3.26. The minimum Gasteiger partial charge on any atom is -0.382 e. The van der Waals surface area contributed by atoms with Gasteiger partial charge < -0.3 is 14.4 Å². The highest BCUT2D eigenvalue weighted by atomic mass is 16.5. The molecule has 2 aliphatic rings. The molecule has 2 aromatic rings. The molecule has 5 nitrogen and oxygen atoms in total. The van der Waals surface area contributed by atoms with Crippen molar-refractivity contribution < 1.29 is 14.3 Å². The average Bonchev–Trinajstić information content (AvgIpc) is 3.22. The second-order valence-corrected chi connectivity index (χ2v) is 6.90. The van der Waals surface area contributed by atoms with Gasteiger partial charge in [0.1, 0.15) is 0 Å². The van der Waals surface area contributed by atoms with Crippen LogP contribution < -0.4 is 0 Å². The van der Waals surface area contributed by atoms with Gasteiger partial charge >= 0.3 is 0 Å². The van der Waals surface area contributed by atoms with Crippen molar-refractivity contribution in [3.63, 3.8) is 0 Å². The lowest BCUT2D eigenvalue weighted by atomic mass is 9.91. The number of rotatable bonds is 5. The van der Waals surface area contributed by atoms with E-state index in [0.717, 1.165) is 49.3 Å². The Kier molecular flexibility index (Phi) is 4.68. The van der Waals surface area contributed by atoms with Gasteiger partial charge in [0.15, 0.2) is 0 Å². The molecule has 2 aliphatic heterocycles. The Morgan fingerprint density at radius 3 is 3.16 bits per heavy atom. The molecule has 1 aromatic carbocycles. The van der Waals surface area contributed by atoms with Crippen LogP contribution in [0.5, 0.6) is 0 Å². The predicted molar refractivity (Wildman–Crippen MR) is 95.5 cm³/mol. The molecule has 0 aliphatic carbocycles. The number of hydrogen-bond acceptors (Lipinski definition) is 4.